The molecule has 0 heterocycles. The predicted octanol–water partition coefficient (Wildman–Crippen LogP) is 1.73. The molecular formula is C28H42O13S3. The minimum absolute atomic E-state index is 0.0259. The van der Waals surface area contributed by atoms with Crippen molar-refractivity contribution in [2.45, 2.75) is 26.2 Å². The van der Waals surface area contributed by atoms with Crippen LogP contribution in [-0.4, -0.2) is 104 Å². The zero-order chi connectivity index (χ0) is 34.0. The Morgan fingerprint density at radius 2 is 0.841 bits per heavy atom. The molecule has 13 nitrogen and oxygen atoms in total. The molecule has 44 heavy (non-hydrogen) atoms. The lowest BCUT2D eigenvalue weighted by Crippen LogP contribution is -2.42. The minimum Gasteiger partial charge on any atom is -0.465 e. The van der Waals surface area contributed by atoms with Crippen LogP contribution in [0.25, 0.3) is 0 Å². The van der Waals surface area contributed by atoms with Crippen molar-refractivity contribution in [2.75, 3.05) is 63.5 Å². The summed E-state index contributed by atoms with van der Waals surface area (Å²) in [4.78, 5) is 67.7. The largest absolute Gasteiger partial charge is 0.465 e. The summed E-state index contributed by atoms with van der Waals surface area (Å²) in [7, 11) is 0. The van der Waals surface area contributed by atoms with E-state index >= 15 is 0 Å². The summed E-state index contributed by atoms with van der Waals surface area (Å²) in [5.74, 6) is -2.26. The Labute approximate surface area is 273 Å². The highest BCUT2D eigenvalue weighted by Gasteiger charge is 2.35. The van der Waals surface area contributed by atoms with Gasteiger partial charge in [0.2, 0.25) is 0 Å². The average molecular weight is 683 g/mol. The summed E-state index contributed by atoms with van der Waals surface area (Å²) in [6.07, 6.45) is 3.35. The number of hydrogen-bond donors (Lipinski definition) is 4. The molecule has 0 saturated heterocycles. The molecule has 0 atom stereocenters. The lowest BCUT2D eigenvalue weighted by atomic mass is 9.92. The number of aliphatic hydroxyl groups excluding tert-OH is 1. The van der Waals surface area contributed by atoms with Gasteiger partial charge in [0.05, 0.1) is 36.7 Å². The van der Waals surface area contributed by atoms with Gasteiger partial charge in [-0.15, -0.1) is 0 Å². The van der Waals surface area contributed by atoms with Crippen LogP contribution in [0.15, 0.2) is 38.0 Å². The molecule has 0 bridgehead atoms. The lowest BCUT2D eigenvalue weighted by Gasteiger charge is -2.29. The number of hydrogen-bond acceptors (Lipinski definition) is 16. The molecular weight excluding hydrogens is 640 g/mol. The van der Waals surface area contributed by atoms with Crippen LogP contribution in [0.2, 0.25) is 0 Å². The Balaban J connectivity index is 0. The van der Waals surface area contributed by atoms with Crippen molar-refractivity contribution >= 4 is 73.7 Å². The standard InChI is InChI=1S/C14H18O7.C14H24O6S3/c1-4-11(16)19-8-14(7-15,9-20-12(17)5-2)10-21-13(18)6-3;1-14(8-18-11(15)2-5-21,9-19-12(16)3-6-22)10-20-13(17)4-7-23/h4-6,15H,1-3,7-10H2;21-23H,2-10H2,1H3. The molecule has 0 fully saturated rings. The van der Waals surface area contributed by atoms with Gasteiger partial charge in [-0.2, -0.15) is 37.9 Å². The molecule has 0 spiro atoms. The van der Waals surface area contributed by atoms with E-state index in [1.54, 1.807) is 6.92 Å². The number of carbonyl (C=O) groups is 6. The highest BCUT2D eigenvalue weighted by Crippen LogP contribution is 2.21. The fourth-order valence-corrected chi connectivity index (χ4v) is 3.04. The molecule has 0 rings (SSSR count). The van der Waals surface area contributed by atoms with Crippen LogP contribution < -0.4 is 0 Å². The molecule has 0 unspecified atom stereocenters. The first kappa shape index (κ1) is 43.2. The second-order valence-electron chi connectivity index (χ2n) is 9.31. The third-order valence-corrected chi connectivity index (χ3v) is 5.76. The van der Waals surface area contributed by atoms with Gasteiger partial charge >= 0.3 is 35.8 Å². The number of ether oxygens (including phenoxy) is 6. The Hall–Kier alpha value is -2.95. The Morgan fingerprint density at radius 1 is 0.568 bits per heavy atom. The van der Waals surface area contributed by atoms with E-state index in [-0.39, 0.29) is 58.9 Å². The van der Waals surface area contributed by atoms with Gasteiger partial charge in [-0.3, -0.25) is 14.4 Å². The van der Waals surface area contributed by atoms with Gasteiger partial charge < -0.3 is 33.5 Å². The summed E-state index contributed by atoms with van der Waals surface area (Å²) < 4.78 is 29.9. The normalized spacial score (nSPS) is 10.6. The maximum atomic E-state index is 11.5. The molecule has 0 aromatic carbocycles. The summed E-state index contributed by atoms with van der Waals surface area (Å²) in [5.41, 5.74) is -2.10. The first-order chi connectivity index (χ1) is 20.8. The van der Waals surface area contributed by atoms with E-state index in [1.165, 1.54) is 0 Å². The molecule has 0 aliphatic rings. The van der Waals surface area contributed by atoms with Crippen molar-refractivity contribution in [1.82, 2.24) is 0 Å². The zero-order valence-corrected chi connectivity index (χ0v) is 27.4. The maximum absolute atomic E-state index is 11.5. The van der Waals surface area contributed by atoms with Crippen molar-refractivity contribution < 1.29 is 62.3 Å². The van der Waals surface area contributed by atoms with Crippen LogP contribution in [0.3, 0.4) is 0 Å². The lowest BCUT2D eigenvalue weighted by molar-refractivity contribution is -0.162. The van der Waals surface area contributed by atoms with E-state index < -0.39 is 53.3 Å². The molecule has 0 aromatic heterocycles. The van der Waals surface area contributed by atoms with Crippen LogP contribution in [0.4, 0.5) is 0 Å². The van der Waals surface area contributed by atoms with Crippen LogP contribution in [0.5, 0.6) is 0 Å². The van der Waals surface area contributed by atoms with Crippen molar-refractivity contribution in [3.05, 3.63) is 38.0 Å². The predicted molar refractivity (Wildman–Crippen MR) is 169 cm³/mol. The van der Waals surface area contributed by atoms with E-state index in [4.69, 9.17) is 28.4 Å². The second kappa shape index (κ2) is 25.4. The highest BCUT2D eigenvalue weighted by molar-refractivity contribution is 7.80. The molecule has 0 amide bonds. The van der Waals surface area contributed by atoms with Crippen molar-refractivity contribution in [1.29, 1.82) is 0 Å². The van der Waals surface area contributed by atoms with Crippen molar-refractivity contribution in [2.24, 2.45) is 10.8 Å². The maximum Gasteiger partial charge on any atom is 0.330 e. The summed E-state index contributed by atoms with van der Waals surface area (Å²) in [6, 6.07) is 0. The zero-order valence-electron chi connectivity index (χ0n) is 24.7. The molecule has 16 heteroatoms. The minimum atomic E-state index is -1.28. The SMILES string of the molecule is C=CC(=O)OCC(CO)(COC(=O)C=C)COC(=O)C=C.CC(COC(=O)CCS)(COC(=O)CCS)COC(=O)CCS. The smallest absolute Gasteiger partial charge is 0.330 e. The number of aliphatic hydroxyl groups is 1. The monoisotopic (exact) mass is 682 g/mol. The number of esters is 6. The van der Waals surface area contributed by atoms with Crippen LogP contribution >= 0.6 is 37.9 Å². The van der Waals surface area contributed by atoms with Gasteiger partial charge in [0.15, 0.2) is 0 Å². The number of rotatable bonds is 22. The summed E-state index contributed by atoms with van der Waals surface area (Å²) >= 11 is 11.9. The molecule has 0 aliphatic heterocycles. The topological polar surface area (TPSA) is 178 Å². The van der Waals surface area contributed by atoms with Crippen molar-refractivity contribution in [3.8, 4) is 0 Å². The molecule has 1 N–H and O–H groups in total. The van der Waals surface area contributed by atoms with Crippen LogP contribution in [0.1, 0.15) is 26.2 Å². The van der Waals surface area contributed by atoms with Gasteiger partial charge in [-0.1, -0.05) is 19.7 Å². The quantitative estimate of drug-likeness (QED) is 0.0562. The van der Waals surface area contributed by atoms with Crippen molar-refractivity contribution in [3.63, 3.8) is 0 Å². The molecule has 0 saturated carbocycles. The van der Waals surface area contributed by atoms with E-state index in [1.807, 2.05) is 0 Å². The summed E-state index contributed by atoms with van der Waals surface area (Å²) in [6.45, 7) is 9.78. The third-order valence-electron chi connectivity index (χ3n) is 5.09. The summed E-state index contributed by atoms with van der Waals surface area (Å²) in [5, 5.41) is 9.48. The van der Waals surface area contributed by atoms with Crippen LogP contribution in [-0.2, 0) is 57.2 Å². The number of thiol groups is 3. The fourth-order valence-electron chi connectivity index (χ4n) is 2.49. The van der Waals surface area contributed by atoms with Crippen LogP contribution in [0, 0.1) is 10.8 Å². The Bertz CT molecular complexity index is 854. The first-order valence-electron chi connectivity index (χ1n) is 13.1. The van der Waals surface area contributed by atoms with E-state index in [0.29, 0.717) is 17.3 Å². The number of carbonyl (C=O) groups excluding carboxylic acids is 6. The van der Waals surface area contributed by atoms with E-state index in [9.17, 15) is 33.9 Å². The second-order valence-corrected chi connectivity index (χ2v) is 10.6. The van der Waals surface area contributed by atoms with E-state index in [0.717, 1.165) is 18.2 Å². The molecule has 0 radical (unpaired) electrons. The third kappa shape index (κ3) is 21.7. The molecule has 250 valence electrons. The van der Waals surface area contributed by atoms with Gasteiger partial charge in [-0.25, -0.2) is 14.4 Å². The molecule has 0 aromatic rings. The fraction of sp³-hybridized carbons (Fsp3) is 0.571. The Morgan fingerprint density at radius 3 is 1.05 bits per heavy atom. The average Bonchev–Trinajstić information content (AvgIpc) is 3.02. The van der Waals surface area contributed by atoms with Gasteiger partial charge in [-0.05, 0) is 6.92 Å². The Kier molecular flexibility index (Phi) is 24.9. The highest BCUT2D eigenvalue weighted by atomic mass is 32.1. The van der Waals surface area contributed by atoms with Gasteiger partial charge in [0, 0.05) is 35.5 Å². The first-order valence-corrected chi connectivity index (χ1v) is 15.0. The van der Waals surface area contributed by atoms with Gasteiger partial charge in [0.1, 0.15) is 39.6 Å². The molecule has 0 aliphatic carbocycles. The van der Waals surface area contributed by atoms with E-state index in [2.05, 4.69) is 57.6 Å². The van der Waals surface area contributed by atoms with Gasteiger partial charge in [0.25, 0.3) is 0 Å².